The summed E-state index contributed by atoms with van der Waals surface area (Å²) in [5.41, 5.74) is 25.3. The fraction of sp³-hybridized carbons (Fsp3) is 0.148. The molecular weight excluding hydrogens is 677 g/mol. The lowest BCUT2D eigenvalue weighted by atomic mass is 9.83. The zero-order valence-electron chi connectivity index (χ0n) is 32.6. The SMILES string of the molecule is Cc1ccc(C)c(C2=Cc3c(n(-c4ccccc4)c4cc5c(cc34)CCc3cc4c6cc(-c7cc(C)ccc7C)ccc6n(-c6ccccc6)c4cc3-5)CC2)c1. The summed E-state index contributed by atoms with van der Waals surface area (Å²) >= 11 is 0. The van der Waals surface area contributed by atoms with Gasteiger partial charge in [-0.2, -0.15) is 0 Å². The number of nitrogens with zero attached hydrogens (tertiary/aromatic N) is 2. The van der Waals surface area contributed by atoms with Crippen molar-refractivity contribution in [1.82, 2.24) is 9.13 Å². The Bertz CT molecular complexity index is 3100. The van der Waals surface area contributed by atoms with Crippen LogP contribution in [0, 0.1) is 27.7 Å². The number of fused-ring (bicyclic) bond motifs is 9. The second-order valence-electron chi connectivity index (χ2n) is 16.3. The molecule has 0 saturated heterocycles. The van der Waals surface area contributed by atoms with E-state index in [1.165, 1.54) is 122 Å². The maximum Gasteiger partial charge on any atom is 0.0547 e. The first-order valence-corrected chi connectivity index (χ1v) is 20.2. The van der Waals surface area contributed by atoms with Gasteiger partial charge in [-0.15, -0.1) is 0 Å². The fourth-order valence-electron chi connectivity index (χ4n) is 9.89. The molecule has 7 aromatic carbocycles. The smallest absolute Gasteiger partial charge is 0.0547 e. The molecule has 2 aromatic heterocycles. The minimum absolute atomic E-state index is 1.02. The molecule has 2 aliphatic rings. The van der Waals surface area contributed by atoms with Crippen LogP contribution in [0.2, 0.25) is 0 Å². The third-order valence-electron chi connectivity index (χ3n) is 12.7. The minimum atomic E-state index is 1.02. The monoisotopic (exact) mass is 720 g/mol. The van der Waals surface area contributed by atoms with Gasteiger partial charge in [0, 0.05) is 38.8 Å². The second kappa shape index (κ2) is 12.6. The van der Waals surface area contributed by atoms with Crippen LogP contribution in [0.25, 0.3) is 78.0 Å². The molecule has 0 N–H and O–H groups in total. The van der Waals surface area contributed by atoms with Crippen molar-refractivity contribution in [1.29, 1.82) is 0 Å². The van der Waals surface area contributed by atoms with Crippen molar-refractivity contribution >= 4 is 44.4 Å². The molecule has 0 saturated carbocycles. The average molecular weight is 721 g/mol. The first kappa shape index (κ1) is 33.0. The van der Waals surface area contributed by atoms with Crippen LogP contribution in [-0.2, 0) is 19.3 Å². The summed E-state index contributed by atoms with van der Waals surface area (Å²) in [5, 5.41) is 4.00. The summed E-state index contributed by atoms with van der Waals surface area (Å²) in [5.74, 6) is 0. The van der Waals surface area contributed by atoms with Crippen LogP contribution in [0.5, 0.6) is 0 Å². The van der Waals surface area contributed by atoms with Gasteiger partial charge in [0.05, 0.1) is 16.6 Å². The molecule has 11 rings (SSSR count). The highest BCUT2D eigenvalue weighted by Gasteiger charge is 2.27. The summed E-state index contributed by atoms with van der Waals surface area (Å²) < 4.78 is 5.04. The van der Waals surface area contributed by atoms with Crippen LogP contribution < -0.4 is 0 Å². The lowest BCUT2D eigenvalue weighted by Gasteiger charge is -2.22. The van der Waals surface area contributed by atoms with E-state index < -0.39 is 0 Å². The molecule has 0 bridgehead atoms. The predicted octanol–water partition coefficient (Wildman–Crippen LogP) is 13.9. The Labute approximate surface area is 329 Å². The lowest BCUT2D eigenvalue weighted by Crippen LogP contribution is -2.06. The topological polar surface area (TPSA) is 9.86 Å². The molecule has 0 unspecified atom stereocenters. The highest BCUT2D eigenvalue weighted by atomic mass is 15.0. The quantitative estimate of drug-likeness (QED) is 0.171. The number of allylic oxidation sites excluding steroid dienone is 1. The third kappa shape index (κ3) is 5.09. The van der Waals surface area contributed by atoms with Crippen molar-refractivity contribution in [3.05, 3.63) is 190 Å². The van der Waals surface area contributed by atoms with E-state index in [2.05, 4.69) is 182 Å². The Balaban J connectivity index is 1.15. The van der Waals surface area contributed by atoms with Crippen LogP contribution in [0.4, 0.5) is 0 Å². The van der Waals surface area contributed by atoms with Gasteiger partial charge >= 0.3 is 0 Å². The molecule has 0 spiro atoms. The van der Waals surface area contributed by atoms with E-state index in [4.69, 9.17) is 0 Å². The molecule has 2 aliphatic carbocycles. The summed E-state index contributed by atoms with van der Waals surface area (Å²) in [6.45, 7) is 8.87. The number of hydrogen-bond acceptors (Lipinski definition) is 0. The average Bonchev–Trinajstić information content (AvgIpc) is 3.72. The lowest BCUT2D eigenvalue weighted by molar-refractivity contribution is 0.897. The molecule has 9 aromatic rings. The molecule has 0 atom stereocenters. The van der Waals surface area contributed by atoms with Crippen molar-refractivity contribution < 1.29 is 0 Å². The van der Waals surface area contributed by atoms with Gasteiger partial charge in [-0.05, 0) is 176 Å². The summed E-state index contributed by atoms with van der Waals surface area (Å²) in [7, 11) is 0. The van der Waals surface area contributed by atoms with Crippen molar-refractivity contribution in [2.24, 2.45) is 0 Å². The molecule has 2 heterocycles. The molecule has 270 valence electrons. The van der Waals surface area contributed by atoms with E-state index in [0.717, 1.165) is 25.7 Å². The van der Waals surface area contributed by atoms with Crippen LogP contribution >= 0.6 is 0 Å². The summed E-state index contributed by atoms with van der Waals surface area (Å²) in [4.78, 5) is 0. The Morgan fingerprint density at radius 3 is 1.66 bits per heavy atom. The normalized spacial score (nSPS) is 13.5. The fourth-order valence-corrected chi connectivity index (χ4v) is 9.89. The molecule has 2 nitrogen and oxygen atoms in total. The number of aryl methyl sites for hydroxylation is 6. The van der Waals surface area contributed by atoms with E-state index in [0.29, 0.717) is 0 Å². The predicted molar refractivity (Wildman–Crippen MR) is 237 cm³/mol. The highest BCUT2D eigenvalue weighted by molar-refractivity contribution is 6.12. The standard InChI is InChI=1S/C54H44N2/c1-33-15-17-35(3)43(25-33)37-21-23-51-47(27-37)49-29-39-19-20-40-30-50-48-28-38(44-26-34(2)16-18-36(44)4)22-24-52(48)56(42-13-9-6-10-14-42)54(50)32-46(40)45(39)31-53(49)55(51)41-11-7-5-8-12-41/h5-18,21,23,25-32H,19-20,22,24H2,1-4H3. The number of hydrogen-bond donors (Lipinski definition) is 0. The Morgan fingerprint density at radius 1 is 0.411 bits per heavy atom. The van der Waals surface area contributed by atoms with Crippen LogP contribution in [-0.4, -0.2) is 9.13 Å². The molecule has 2 heteroatoms. The Hall–Kier alpha value is -6.38. The van der Waals surface area contributed by atoms with E-state index in [1.54, 1.807) is 0 Å². The van der Waals surface area contributed by atoms with E-state index in [-0.39, 0.29) is 0 Å². The molecule has 0 aliphatic heterocycles. The van der Waals surface area contributed by atoms with E-state index in [9.17, 15) is 0 Å². The highest BCUT2D eigenvalue weighted by Crippen LogP contribution is 2.46. The van der Waals surface area contributed by atoms with Gasteiger partial charge in [-0.25, -0.2) is 0 Å². The first-order valence-electron chi connectivity index (χ1n) is 20.2. The largest absolute Gasteiger partial charge is 0.313 e. The zero-order chi connectivity index (χ0) is 37.7. The summed E-state index contributed by atoms with van der Waals surface area (Å²) in [6, 6.07) is 52.8. The van der Waals surface area contributed by atoms with Gasteiger partial charge < -0.3 is 9.13 Å². The first-order chi connectivity index (χ1) is 27.4. The van der Waals surface area contributed by atoms with Gasteiger partial charge in [0.1, 0.15) is 0 Å². The van der Waals surface area contributed by atoms with E-state index in [1.807, 2.05) is 0 Å². The van der Waals surface area contributed by atoms with Crippen LogP contribution in [0.1, 0.15) is 56.6 Å². The number of para-hydroxylation sites is 2. The number of aromatic nitrogens is 2. The van der Waals surface area contributed by atoms with Crippen molar-refractivity contribution in [2.45, 2.75) is 53.4 Å². The minimum Gasteiger partial charge on any atom is -0.313 e. The summed E-state index contributed by atoms with van der Waals surface area (Å²) in [6.07, 6.45) is 6.63. The van der Waals surface area contributed by atoms with Gasteiger partial charge in [-0.3, -0.25) is 0 Å². The molecule has 0 amide bonds. The van der Waals surface area contributed by atoms with Crippen molar-refractivity contribution in [3.63, 3.8) is 0 Å². The van der Waals surface area contributed by atoms with Crippen LogP contribution in [0.3, 0.4) is 0 Å². The zero-order valence-corrected chi connectivity index (χ0v) is 32.6. The maximum atomic E-state index is 2.56. The molecule has 56 heavy (non-hydrogen) atoms. The van der Waals surface area contributed by atoms with Crippen molar-refractivity contribution in [3.8, 4) is 33.6 Å². The third-order valence-corrected chi connectivity index (χ3v) is 12.7. The second-order valence-corrected chi connectivity index (χ2v) is 16.3. The van der Waals surface area contributed by atoms with Crippen LogP contribution in [0.15, 0.2) is 140 Å². The van der Waals surface area contributed by atoms with Gasteiger partial charge in [-0.1, -0.05) is 90.0 Å². The maximum absolute atomic E-state index is 2.56. The number of rotatable bonds is 4. The molecular formula is C54H44N2. The van der Waals surface area contributed by atoms with Crippen molar-refractivity contribution in [2.75, 3.05) is 0 Å². The molecule has 0 radical (unpaired) electrons. The Kier molecular flexibility index (Phi) is 7.41. The molecule has 0 fully saturated rings. The van der Waals surface area contributed by atoms with Gasteiger partial charge in [0.2, 0.25) is 0 Å². The van der Waals surface area contributed by atoms with Gasteiger partial charge in [0.15, 0.2) is 0 Å². The Morgan fingerprint density at radius 2 is 0.982 bits per heavy atom. The number of benzene rings is 7. The van der Waals surface area contributed by atoms with E-state index >= 15 is 0 Å². The van der Waals surface area contributed by atoms with Gasteiger partial charge in [0.25, 0.3) is 0 Å².